The van der Waals surface area contributed by atoms with Gasteiger partial charge < -0.3 is 14.3 Å². The standard InChI is InChI=1S/C11H11ClN2O3/c1-7-13-14-11(17-7)6-16-10-4-2-3-9(12)8(10)5-15/h2-4,15H,5-6H2,1H3. The van der Waals surface area contributed by atoms with Gasteiger partial charge in [-0.3, -0.25) is 0 Å². The number of aryl methyl sites for hydroxylation is 1. The molecule has 2 rings (SSSR count). The predicted molar refractivity (Wildman–Crippen MR) is 60.7 cm³/mol. The van der Waals surface area contributed by atoms with E-state index in [4.69, 9.17) is 20.8 Å². The fourth-order valence-electron chi connectivity index (χ4n) is 1.36. The van der Waals surface area contributed by atoms with Crippen LogP contribution in [0.25, 0.3) is 0 Å². The van der Waals surface area contributed by atoms with E-state index in [1.165, 1.54) is 0 Å². The quantitative estimate of drug-likeness (QED) is 0.905. The van der Waals surface area contributed by atoms with Crippen LogP contribution in [0.1, 0.15) is 17.3 Å². The number of benzene rings is 1. The van der Waals surface area contributed by atoms with Crippen molar-refractivity contribution in [1.29, 1.82) is 0 Å². The number of aliphatic hydroxyl groups excluding tert-OH is 1. The van der Waals surface area contributed by atoms with Crippen LogP contribution in [0, 0.1) is 6.92 Å². The molecular weight excluding hydrogens is 244 g/mol. The minimum Gasteiger partial charge on any atom is -0.483 e. The predicted octanol–water partition coefficient (Wildman–Crippen LogP) is 2.10. The molecule has 0 aliphatic carbocycles. The van der Waals surface area contributed by atoms with E-state index in [1.807, 2.05) is 0 Å². The highest BCUT2D eigenvalue weighted by Gasteiger charge is 2.09. The van der Waals surface area contributed by atoms with Crippen LogP contribution in [0.15, 0.2) is 22.6 Å². The van der Waals surface area contributed by atoms with Crippen molar-refractivity contribution in [2.45, 2.75) is 20.1 Å². The van der Waals surface area contributed by atoms with Gasteiger partial charge in [0, 0.05) is 17.5 Å². The van der Waals surface area contributed by atoms with Crippen LogP contribution in [-0.2, 0) is 13.2 Å². The molecule has 1 aromatic heterocycles. The normalized spacial score (nSPS) is 10.5. The highest BCUT2D eigenvalue weighted by Crippen LogP contribution is 2.26. The molecule has 0 spiro atoms. The number of aromatic nitrogens is 2. The van der Waals surface area contributed by atoms with E-state index < -0.39 is 0 Å². The van der Waals surface area contributed by atoms with E-state index in [1.54, 1.807) is 25.1 Å². The SMILES string of the molecule is Cc1nnc(COc2cccc(Cl)c2CO)o1. The van der Waals surface area contributed by atoms with Crippen LogP contribution >= 0.6 is 11.6 Å². The molecule has 2 aromatic rings. The Kier molecular flexibility index (Phi) is 3.61. The molecule has 90 valence electrons. The molecular formula is C11H11ClN2O3. The number of rotatable bonds is 4. The third-order valence-electron chi connectivity index (χ3n) is 2.15. The molecule has 0 saturated heterocycles. The van der Waals surface area contributed by atoms with E-state index in [0.29, 0.717) is 28.1 Å². The maximum Gasteiger partial charge on any atom is 0.253 e. The summed E-state index contributed by atoms with van der Waals surface area (Å²) < 4.78 is 10.6. The van der Waals surface area contributed by atoms with Crippen LogP contribution in [0.4, 0.5) is 0 Å². The van der Waals surface area contributed by atoms with Crippen molar-refractivity contribution in [2.24, 2.45) is 0 Å². The number of hydrogen-bond acceptors (Lipinski definition) is 5. The van der Waals surface area contributed by atoms with Gasteiger partial charge in [0.1, 0.15) is 5.75 Å². The van der Waals surface area contributed by atoms with Gasteiger partial charge in [0.05, 0.1) is 6.61 Å². The minimum atomic E-state index is -0.183. The Hall–Kier alpha value is -1.59. The van der Waals surface area contributed by atoms with E-state index in [2.05, 4.69) is 10.2 Å². The van der Waals surface area contributed by atoms with E-state index in [0.717, 1.165) is 0 Å². The second-order valence-corrected chi connectivity index (χ2v) is 3.79. The maximum absolute atomic E-state index is 9.18. The van der Waals surface area contributed by atoms with E-state index >= 15 is 0 Å². The Morgan fingerprint density at radius 2 is 2.24 bits per heavy atom. The summed E-state index contributed by atoms with van der Waals surface area (Å²) in [5.74, 6) is 1.37. The lowest BCUT2D eigenvalue weighted by Gasteiger charge is -2.09. The molecule has 0 amide bonds. The van der Waals surface area contributed by atoms with Crippen molar-refractivity contribution in [3.05, 3.63) is 40.6 Å². The van der Waals surface area contributed by atoms with Gasteiger partial charge in [0.15, 0.2) is 6.61 Å². The summed E-state index contributed by atoms with van der Waals surface area (Å²) in [6, 6.07) is 5.16. The molecule has 0 aliphatic heterocycles. The molecule has 0 unspecified atom stereocenters. The molecule has 1 aromatic carbocycles. The van der Waals surface area contributed by atoms with Gasteiger partial charge in [0.2, 0.25) is 5.89 Å². The van der Waals surface area contributed by atoms with Gasteiger partial charge in [0.25, 0.3) is 5.89 Å². The summed E-state index contributed by atoms with van der Waals surface area (Å²) in [6.45, 7) is 1.67. The van der Waals surface area contributed by atoms with Crippen LogP contribution < -0.4 is 4.74 Å². The topological polar surface area (TPSA) is 68.4 Å². The largest absolute Gasteiger partial charge is 0.483 e. The van der Waals surface area contributed by atoms with Gasteiger partial charge in [-0.2, -0.15) is 0 Å². The van der Waals surface area contributed by atoms with Crippen molar-refractivity contribution < 1.29 is 14.3 Å². The van der Waals surface area contributed by atoms with Crippen LogP contribution in [0.3, 0.4) is 0 Å². The Balaban J connectivity index is 2.11. The Morgan fingerprint density at radius 3 is 2.88 bits per heavy atom. The molecule has 0 aliphatic rings. The number of halogens is 1. The van der Waals surface area contributed by atoms with Gasteiger partial charge in [-0.05, 0) is 12.1 Å². The van der Waals surface area contributed by atoms with Gasteiger partial charge in [-0.25, -0.2) is 0 Å². The zero-order valence-electron chi connectivity index (χ0n) is 9.18. The second kappa shape index (κ2) is 5.16. The average molecular weight is 255 g/mol. The summed E-state index contributed by atoms with van der Waals surface area (Å²) in [6.07, 6.45) is 0. The lowest BCUT2D eigenvalue weighted by atomic mass is 10.2. The average Bonchev–Trinajstić information content (AvgIpc) is 2.72. The first-order chi connectivity index (χ1) is 8.20. The van der Waals surface area contributed by atoms with Crippen molar-refractivity contribution in [3.8, 4) is 5.75 Å². The Morgan fingerprint density at radius 1 is 1.41 bits per heavy atom. The summed E-state index contributed by atoms with van der Waals surface area (Å²) >= 11 is 5.92. The number of aliphatic hydroxyl groups is 1. The molecule has 0 fully saturated rings. The molecule has 0 radical (unpaired) electrons. The first-order valence-electron chi connectivity index (χ1n) is 5.00. The first kappa shape index (κ1) is 11.9. The minimum absolute atomic E-state index is 0.147. The molecule has 17 heavy (non-hydrogen) atoms. The molecule has 6 heteroatoms. The summed E-state index contributed by atoms with van der Waals surface area (Å²) in [5.41, 5.74) is 0.547. The first-order valence-corrected chi connectivity index (χ1v) is 5.38. The van der Waals surface area contributed by atoms with E-state index in [9.17, 15) is 5.11 Å². The van der Waals surface area contributed by atoms with E-state index in [-0.39, 0.29) is 13.2 Å². The van der Waals surface area contributed by atoms with Crippen molar-refractivity contribution in [2.75, 3.05) is 0 Å². The molecule has 0 bridgehead atoms. The number of hydrogen-bond donors (Lipinski definition) is 1. The molecule has 1 N–H and O–H groups in total. The van der Waals surface area contributed by atoms with Gasteiger partial charge in [-0.15, -0.1) is 10.2 Å². The van der Waals surface area contributed by atoms with Gasteiger partial charge >= 0.3 is 0 Å². The van der Waals surface area contributed by atoms with Gasteiger partial charge in [-0.1, -0.05) is 17.7 Å². The smallest absolute Gasteiger partial charge is 0.253 e. The van der Waals surface area contributed by atoms with Crippen molar-refractivity contribution in [3.63, 3.8) is 0 Å². The highest BCUT2D eigenvalue weighted by atomic mass is 35.5. The molecule has 0 saturated carbocycles. The van der Waals surface area contributed by atoms with Crippen molar-refractivity contribution in [1.82, 2.24) is 10.2 Å². The zero-order chi connectivity index (χ0) is 12.3. The molecule has 5 nitrogen and oxygen atoms in total. The number of nitrogens with zero attached hydrogens (tertiary/aromatic N) is 2. The Labute approximate surface area is 103 Å². The molecule has 0 atom stereocenters. The van der Waals surface area contributed by atoms with Crippen LogP contribution in [-0.4, -0.2) is 15.3 Å². The highest BCUT2D eigenvalue weighted by molar-refractivity contribution is 6.31. The Bertz CT molecular complexity index is 513. The zero-order valence-corrected chi connectivity index (χ0v) is 9.94. The van der Waals surface area contributed by atoms with Crippen LogP contribution in [0.2, 0.25) is 5.02 Å². The third kappa shape index (κ3) is 2.75. The van der Waals surface area contributed by atoms with Crippen LogP contribution in [0.5, 0.6) is 5.75 Å². The lowest BCUT2D eigenvalue weighted by Crippen LogP contribution is -1.99. The third-order valence-corrected chi connectivity index (χ3v) is 2.51. The second-order valence-electron chi connectivity index (χ2n) is 3.38. The fourth-order valence-corrected chi connectivity index (χ4v) is 1.59. The summed E-state index contributed by atoms with van der Waals surface area (Å²) in [5, 5.41) is 17.1. The monoisotopic (exact) mass is 254 g/mol. The molecule has 1 heterocycles. The fraction of sp³-hybridized carbons (Fsp3) is 0.273. The summed E-state index contributed by atoms with van der Waals surface area (Å²) in [7, 11) is 0. The van der Waals surface area contributed by atoms with Crippen molar-refractivity contribution >= 4 is 11.6 Å². The lowest BCUT2D eigenvalue weighted by molar-refractivity contribution is 0.240. The maximum atomic E-state index is 9.18. The summed E-state index contributed by atoms with van der Waals surface area (Å²) in [4.78, 5) is 0. The number of ether oxygens (including phenoxy) is 1.